The van der Waals surface area contributed by atoms with Gasteiger partial charge in [-0.15, -0.1) is 0 Å². The number of ether oxygens (including phenoxy) is 1. The first-order valence-electron chi connectivity index (χ1n) is 8.29. The van der Waals surface area contributed by atoms with Crippen molar-refractivity contribution in [3.63, 3.8) is 0 Å². The number of urea groups is 1. The molecule has 3 rings (SSSR count). The van der Waals surface area contributed by atoms with Crippen molar-refractivity contribution >= 4 is 11.7 Å². The lowest BCUT2D eigenvalue weighted by Gasteiger charge is -2.23. The predicted octanol–water partition coefficient (Wildman–Crippen LogP) is 3.51. The first kappa shape index (κ1) is 18.1. The Morgan fingerprint density at radius 3 is 2.96 bits per heavy atom. The van der Waals surface area contributed by atoms with Crippen LogP contribution in [0.5, 0.6) is 5.75 Å². The smallest absolute Gasteiger partial charge is 0.416 e. The van der Waals surface area contributed by atoms with Gasteiger partial charge in [-0.25, -0.2) is 4.79 Å². The Balaban J connectivity index is 1.70. The average molecular weight is 368 g/mol. The number of carbonyl (C=O) groups excluding carboxylic acids is 1. The zero-order valence-electron chi connectivity index (χ0n) is 14.1. The van der Waals surface area contributed by atoms with Gasteiger partial charge in [-0.3, -0.25) is 5.10 Å². The number of nitrogens with one attached hydrogen (secondary N) is 3. The first-order valence-corrected chi connectivity index (χ1v) is 8.29. The molecule has 1 heterocycles. The third-order valence-corrected chi connectivity index (χ3v) is 4.21. The molecule has 1 atom stereocenters. The van der Waals surface area contributed by atoms with Crippen LogP contribution in [0.4, 0.5) is 23.7 Å². The van der Waals surface area contributed by atoms with E-state index in [1.807, 2.05) is 0 Å². The average Bonchev–Trinajstić information content (AvgIpc) is 3.03. The summed E-state index contributed by atoms with van der Waals surface area (Å²) < 4.78 is 44.1. The molecule has 26 heavy (non-hydrogen) atoms. The van der Waals surface area contributed by atoms with Gasteiger partial charge in [0.15, 0.2) is 0 Å². The molecule has 0 bridgehead atoms. The molecule has 0 saturated heterocycles. The second kappa shape index (κ2) is 7.27. The van der Waals surface area contributed by atoms with Crippen molar-refractivity contribution in [3.8, 4) is 5.75 Å². The van der Waals surface area contributed by atoms with Crippen LogP contribution in [0.2, 0.25) is 0 Å². The molecule has 140 valence electrons. The molecule has 6 nitrogen and oxygen atoms in total. The second-order valence-corrected chi connectivity index (χ2v) is 6.05. The molecular weight excluding hydrogens is 349 g/mol. The van der Waals surface area contributed by atoms with E-state index in [0.29, 0.717) is 6.42 Å². The number of alkyl halides is 3. The number of carbonyl (C=O) groups is 1. The Morgan fingerprint density at radius 2 is 2.23 bits per heavy atom. The van der Waals surface area contributed by atoms with Gasteiger partial charge in [0.05, 0.1) is 24.1 Å². The molecule has 1 aliphatic carbocycles. The topological polar surface area (TPSA) is 79.0 Å². The van der Waals surface area contributed by atoms with Gasteiger partial charge in [-0.05, 0) is 49.9 Å². The highest BCUT2D eigenvalue weighted by atomic mass is 19.4. The minimum atomic E-state index is -4.50. The maximum atomic E-state index is 12.9. The number of nitrogens with zero attached hydrogens (tertiary/aromatic N) is 1. The summed E-state index contributed by atoms with van der Waals surface area (Å²) in [6.45, 7) is 1.99. The number of fused-ring (bicyclic) bond motifs is 1. The fourth-order valence-electron chi connectivity index (χ4n) is 2.97. The lowest BCUT2D eigenvalue weighted by Crippen LogP contribution is -2.41. The van der Waals surface area contributed by atoms with Crippen LogP contribution in [-0.2, 0) is 19.0 Å². The zero-order chi connectivity index (χ0) is 18.7. The number of rotatable bonds is 4. The maximum Gasteiger partial charge on any atom is 0.416 e. The van der Waals surface area contributed by atoms with Crippen molar-refractivity contribution in [1.29, 1.82) is 0 Å². The summed E-state index contributed by atoms with van der Waals surface area (Å²) in [6.07, 6.45) is -0.669. The van der Waals surface area contributed by atoms with Crippen LogP contribution in [-0.4, -0.2) is 28.9 Å². The zero-order valence-corrected chi connectivity index (χ0v) is 14.1. The highest BCUT2D eigenvalue weighted by molar-refractivity contribution is 5.91. The van der Waals surface area contributed by atoms with Crippen LogP contribution in [0.15, 0.2) is 24.4 Å². The van der Waals surface area contributed by atoms with Crippen LogP contribution in [0.3, 0.4) is 0 Å². The van der Waals surface area contributed by atoms with Gasteiger partial charge in [0.2, 0.25) is 0 Å². The van der Waals surface area contributed by atoms with E-state index in [2.05, 4.69) is 20.8 Å². The maximum absolute atomic E-state index is 12.9. The Kier molecular flexibility index (Phi) is 5.06. The van der Waals surface area contributed by atoms with Crippen molar-refractivity contribution in [2.24, 2.45) is 0 Å². The van der Waals surface area contributed by atoms with Crippen molar-refractivity contribution in [2.75, 3.05) is 11.9 Å². The number of anilines is 1. The highest BCUT2D eigenvalue weighted by Crippen LogP contribution is 2.35. The lowest BCUT2D eigenvalue weighted by atomic mass is 9.94. The number of amides is 2. The molecule has 2 amide bonds. The van der Waals surface area contributed by atoms with Gasteiger partial charge in [0, 0.05) is 11.7 Å². The summed E-state index contributed by atoms with van der Waals surface area (Å²) in [5.74, 6) is 0.191. The van der Waals surface area contributed by atoms with Crippen molar-refractivity contribution in [3.05, 3.63) is 41.2 Å². The number of hydrogen-bond acceptors (Lipinski definition) is 3. The minimum Gasteiger partial charge on any atom is -0.492 e. The van der Waals surface area contributed by atoms with Gasteiger partial charge >= 0.3 is 12.2 Å². The molecule has 1 aromatic carbocycles. The monoisotopic (exact) mass is 368 g/mol. The largest absolute Gasteiger partial charge is 0.492 e. The molecule has 2 aromatic rings. The van der Waals surface area contributed by atoms with E-state index >= 15 is 0 Å². The van der Waals surface area contributed by atoms with E-state index < -0.39 is 17.8 Å². The number of aromatic nitrogens is 2. The number of hydrogen-bond donors (Lipinski definition) is 3. The normalized spacial score (nSPS) is 16.7. The molecule has 1 unspecified atom stereocenters. The summed E-state index contributed by atoms with van der Waals surface area (Å²) in [4.78, 5) is 12.3. The van der Waals surface area contributed by atoms with Crippen LogP contribution < -0.4 is 15.4 Å². The fraction of sp³-hybridized carbons (Fsp3) is 0.412. The van der Waals surface area contributed by atoms with Gasteiger partial charge in [-0.2, -0.15) is 18.3 Å². The quantitative estimate of drug-likeness (QED) is 0.773. The number of aryl methyl sites for hydroxylation is 1. The van der Waals surface area contributed by atoms with Crippen molar-refractivity contribution < 1.29 is 22.7 Å². The molecule has 9 heteroatoms. The number of benzene rings is 1. The molecule has 0 fully saturated rings. The third-order valence-electron chi connectivity index (χ3n) is 4.21. The Bertz CT molecular complexity index is 789. The van der Waals surface area contributed by atoms with Gasteiger partial charge in [0.1, 0.15) is 5.75 Å². The molecular formula is C17H19F3N4O2. The van der Waals surface area contributed by atoms with E-state index in [0.717, 1.165) is 36.2 Å². The van der Waals surface area contributed by atoms with Crippen LogP contribution in [0.25, 0.3) is 0 Å². The SMILES string of the molecule is CCOc1ccc(C(F)(F)F)cc1NC(=O)NC1CCc2[nH]ncc2C1. The van der Waals surface area contributed by atoms with Gasteiger partial charge in [-0.1, -0.05) is 0 Å². The second-order valence-electron chi connectivity index (χ2n) is 6.05. The third kappa shape index (κ3) is 4.09. The summed E-state index contributed by atoms with van der Waals surface area (Å²) in [5.41, 5.74) is 1.23. The first-order chi connectivity index (χ1) is 12.4. The standard InChI is InChI=1S/C17H19F3N4O2/c1-2-26-15-6-3-11(17(18,19)20)8-14(15)23-16(25)22-12-4-5-13-10(7-12)9-21-24-13/h3,6,8-9,12H,2,4-5,7H2,1H3,(H,21,24)(H2,22,23,25). The van der Waals surface area contributed by atoms with E-state index in [4.69, 9.17) is 4.74 Å². The summed E-state index contributed by atoms with van der Waals surface area (Å²) in [5, 5.41) is 12.2. The van der Waals surface area contributed by atoms with E-state index in [9.17, 15) is 18.0 Å². The molecule has 0 saturated carbocycles. The molecule has 0 spiro atoms. The number of aromatic amines is 1. The summed E-state index contributed by atoms with van der Waals surface area (Å²) >= 11 is 0. The predicted molar refractivity (Wildman–Crippen MR) is 89.2 cm³/mol. The minimum absolute atomic E-state index is 0.0148. The lowest BCUT2D eigenvalue weighted by molar-refractivity contribution is -0.137. The molecule has 1 aliphatic rings. The van der Waals surface area contributed by atoms with Gasteiger partial charge in [0.25, 0.3) is 0 Å². The van der Waals surface area contributed by atoms with Crippen molar-refractivity contribution in [1.82, 2.24) is 15.5 Å². The molecule has 1 aromatic heterocycles. The van der Waals surface area contributed by atoms with Crippen LogP contribution >= 0.6 is 0 Å². The Labute approximate surface area is 148 Å². The summed E-state index contributed by atoms with van der Waals surface area (Å²) in [7, 11) is 0. The van der Waals surface area contributed by atoms with Crippen LogP contribution in [0.1, 0.15) is 30.2 Å². The van der Waals surface area contributed by atoms with E-state index in [1.165, 1.54) is 6.07 Å². The Morgan fingerprint density at radius 1 is 1.42 bits per heavy atom. The summed E-state index contributed by atoms with van der Waals surface area (Å²) in [6, 6.07) is 2.33. The van der Waals surface area contributed by atoms with Crippen LogP contribution in [0, 0.1) is 0 Å². The van der Waals surface area contributed by atoms with Crippen molar-refractivity contribution in [2.45, 2.75) is 38.4 Å². The fourth-order valence-corrected chi connectivity index (χ4v) is 2.97. The van der Waals surface area contributed by atoms with Gasteiger partial charge < -0.3 is 15.4 Å². The molecule has 3 N–H and O–H groups in total. The van der Waals surface area contributed by atoms with E-state index in [-0.39, 0.29) is 24.1 Å². The number of H-pyrrole nitrogens is 1. The number of halogens is 3. The molecule has 0 aliphatic heterocycles. The Hall–Kier alpha value is -2.71. The molecule has 0 radical (unpaired) electrons. The highest BCUT2D eigenvalue weighted by Gasteiger charge is 2.31. The van der Waals surface area contributed by atoms with E-state index in [1.54, 1.807) is 13.1 Å².